The zero-order valence-electron chi connectivity index (χ0n) is 30.1. The Morgan fingerprint density at radius 3 is 1.73 bits per heavy atom. The van der Waals surface area contributed by atoms with Gasteiger partial charge < -0.3 is 16.0 Å². The standard InChI is InChI=1S/C43H50N6O2/c1-27-34(11-7-13-38(27)47-42(50)40-21-36(29-15-16-29)31(24-45-40)23-44-33-9-6-10-33)35-12-8-14-39(28(35)2)48-43(51)41-22-37(30-17-18-30)32(25-46-41)26-49-19-4-3-5-20-49/h7-8,11-14,21-22,24-25,29-30,33,44H,3-6,9-10,15-20,23,26H2,1-2H3,(H,47,50)(H,48,51). The fourth-order valence-corrected chi connectivity index (χ4v) is 7.80. The number of hydrogen-bond acceptors (Lipinski definition) is 6. The predicted molar refractivity (Wildman–Crippen MR) is 203 cm³/mol. The first-order chi connectivity index (χ1) is 24.9. The molecule has 2 amide bonds. The number of likely N-dealkylation sites (tertiary alicyclic amines) is 1. The number of benzene rings is 2. The summed E-state index contributed by atoms with van der Waals surface area (Å²) >= 11 is 0. The number of nitrogens with one attached hydrogen (secondary N) is 3. The highest BCUT2D eigenvalue weighted by Gasteiger charge is 2.30. The van der Waals surface area contributed by atoms with Gasteiger partial charge in [-0.1, -0.05) is 37.1 Å². The largest absolute Gasteiger partial charge is 0.320 e. The highest BCUT2D eigenvalue weighted by Crippen LogP contribution is 2.43. The van der Waals surface area contributed by atoms with Crippen LogP contribution in [0.1, 0.15) is 130 Å². The second-order valence-corrected chi connectivity index (χ2v) is 15.3. The lowest BCUT2D eigenvalue weighted by Gasteiger charge is -2.27. The first-order valence-corrected chi connectivity index (χ1v) is 19.2. The van der Waals surface area contributed by atoms with Gasteiger partial charge in [-0.15, -0.1) is 0 Å². The summed E-state index contributed by atoms with van der Waals surface area (Å²) in [5.74, 6) is 0.670. The Balaban J connectivity index is 0.976. The third-order valence-electron chi connectivity index (χ3n) is 11.5. The Hall–Kier alpha value is -4.40. The average Bonchev–Trinajstić information content (AvgIpc) is 4.05. The SMILES string of the molecule is Cc1c(NC(=O)c2cc(C3CC3)c(CNC3CCC3)cn2)cccc1-c1cccc(NC(=O)c2cc(C3CC3)c(CN3CCCCC3)cn2)c1C. The molecule has 3 N–H and O–H groups in total. The zero-order chi connectivity index (χ0) is 34.9. The molecular formula is C43H50N6O2. The third-order valence-corrected chi connectivity index (χ3v) is 11.5. The summed E-state index contributed by atoms with van der Waals surface area (Å²) in [7, 11) is 0. The first kappa shape index (κ1) is 33.7. The summed E-state index contributed by atoms with van der Waals surface area (Å²) in [6.07, 6.45) is 16.2. The molecule has 8 rings (SSSR count). The molecule has 0 atom stereocenters. The molecule has 1 aliphatic heterocycles. The van der Waals surface area contributed by atoms with Crippen LogP contribution in [0.2, 0.25) is 0 Å². The Morgan fingerprint density at radius 2 is 1.22 bits per heavy atom. The van der Waals surface area contributed by atoms with Crippen LogP contribution in [0, 0.1) is 13.8 Å². The van der Waals surface area contributed by atoms with Crippen molar-refractivity contribution in [2.45, 2.75) is 109 Å². The number of piperidine rings is 1. The van der Waals surface area contributed by atoms with Crippen LogP contribution in [-0.4, -0.2) is 45.8 Å². The van der Waals surface area contributed by atoms with Gasteiger partial charge in [0.2, 0.25) is 0 Å². The van der Waals surface area contributed by atoms with Gasteiger partial charge >= 0.3 is 0 Å². The summed E-state index contributed by atoms with van der Waals surface area (Å²) in [6, 6.07) is 16.6. The van der Waals surface area contributed by atoms with Gasteiger partial charge in [0.05, 0.1) is 0 Å². The molecule has 8 nitrogen and oxygen atoms in total. The van der Waals surface area contributed by atoms with E-state index in [1.807, 2.05) is 62.6 Å². The van der Waals surface area contributed by atoms with Crippen molar-refractivity contribution < 1.29 is 9.59 Å². The van der Waals surface area contributed by atoms with E-state index in [9.17, 15) is 9.59 Å². The third kappa shape index (κ3) is 7.63. The predicted octanol–water partition coefficient (Wildman–Crippen LogP) is 8.65. The number of anilines is 2. The van der Waals surface area contributed by atoms with E-state index in [2.05, 4.69) is 43.0 Å². The molecular weight excluding hydrogens is 633 g/mol. The number of aromatic nitrogens is 2. The van der Waals surface area contributed by atoms with E-state index < -0.39 is 0 Å². The Kier molecular flexibility index (Phi) is 9.71. The van der Waals surface area contributed by atoms with Gasteiger partial charge in [-0.2, -0.15) is 0 Å². The van der Waals surface area contributed by atoms with Crippen LogP contribution in [-0.2, 0) is 13.1 Å². The lowest BCUT2D eigenvalue weighted by atomic mass is 9.92. The van der Waals surface area contributed by atoms with Crippen molar-refractivity contribution in [3.05, 3.63) is 106 Å². The maximum Gasteiger partial charge on any atom is 0.274 e. The number of nitrogens with zero attached hydrogens (tertiary/aromatic N) is 3. The van der Waals surface area contributed by atoms with Crippen LogP contribution >= 0.6 is 0 Å². The Bertz CT molecular complexity index is 1940. The van der Waals surface area contributed by atoms with Crippen molar-refractivity contribution in [2.24, 2.45) is 0 Å². The molecule has 8 heteroatoms. The quantitative estimate of drug-likeness (QED) is 0.138. The van der Waals surface area contributed by atoms with Crippen LogP contribution in [0.25, 0.3) is 11.1 Å². The number of amides is 2. The number of rotatable bonds is 12. The van der Waals surface area contributed by atoms with E-state index in [-0.39, 0.29) is 11.8 Å². The number of carbonyl (C=O) groups excluding carboxylic acids is 2. The van der Waals surface area contributed by atoms with E-state index in [1.54, 1.807) is 0 Å². The molecule has 4 aliphatic rings. The summed E-state index contributed by atoms with van der Waals surface area (Å²) in [5, 5.41) is 9.97. The molecule has 4 aromatic rings. The van der Waals surface area contributed by atoms with Gasteiger partial charge in [0.25, 0.3) is 11.8 Å². The lowest BCUT2D eigenvalue weighted by Crippen LogP contribution is -2.34. The van der Waals surface area contributed by atoms with Crippen molar-refractivity contribution in [3.8, 4) is 11.1 Å². The molecule has 0 unspecified atom stereocenters. The fourth-order valence-electron chi connectivity index (χ4n) is 7.80. The van der Waals surface area contributed by atoms with E-state index in [4.69, 9.17) is 0 Å². The Labute approximate surface area is 301 Å². The second kappa shape index (κ2) is 14.7. The molecule has 3 saturated carbocycles. The minimum atomic E-state index is -0.201. The second-order valence-electron chi connectivity index (χ2n) is 15.3. The van der Waals surface area contributed by atoms with E-state index in [0.29, 0.717) is 29.3 Å². The number of hydrogen-bond donors (Lipinski definition) is 3. The molecule has 3 heterocycles. The summed E-state index contributed by atoms with van der Waals surface area (Å²) in [6.45, 7) is 8.08. The molecule has 0 bridgehead atoms. The van der Waals surface area contributed by atoms with Crippen molar-refractivity contribution in [2.75, 3.05) is 23.7 Å². The van der Waals surface area contributed by atoms with E-state index in [0.717, 1.165) is 59.8 Å². The minimum Gasteiger partial charge on any atom is -0.320 e. The van der Waals surface area contributed by atoms with Crippen LogP contribution < -0.4 is 16.0 Å². The van der Waals surface area contributed by atoms with Gasteiger partial charge in [-0.3, -0.25) is 24.5 Å². The van der Waals surface area contributed by atoms with Gasteiger partial charge in [-0.05, 0) is 159 Å². The van der Waals surface area contributed by atoms with Crippen molar-refractivity contribution in [3.63, 3.8) is 0 Å². The van der Waals surface area contributed by atoms with Crippen molar-refractivity contribution in [1.82, 2.24) is 20.2 Å². The van der Waals surface area contributed by atoms with Gasteiger partial charge in [0.15, 0.2) is 0 Å². The van der Waals surface area contributed by atoms with Crippen LogP contribution in [0.3, 0.4) is 0 Å². The monoisotopic (exact) mass is 682 g/mol. The highest BCUT2D eigenvalue weighted by molar-refractivity contribution is 6.05. The van der Waals surface area contributed by atoms with Gasteiger partial charge in [0, 0.05) is 42.9 Å². The van der Waals surface area contributed by atoms with Crippen LogP contribution in [0.5, 0.6) is 0 Å². The molecule has 2 aromatic carbocycles. The Morgan fingerprint density at radius 1 is 0.686 bits per heavy atom. The zero-order valence-corrected chi connectivity index (χ0v) is 30.1. The molecule has 0 radical (unpaired) electrons. The molecule has 0 spiro atoms. The highest BCUT2D eigenvalue weighted by atomic mass is 16.2. The summed E-state index contributed by atoms with van der Waals surface area (Å²) in [5.41, 5.74) is 11.4. The molecule has 1 saturated heterocycles. The van der Waals surface area contributed by atoms with Gasteiger partial charge in [0.1, 0.15) is 11.4 Å². The molecule has 264 valence electrons. The fraction of sp³-hybridized carbons (Fsp3) is 0.442. The maximum absolute atomic E-state index is 13.6. The van der Waals surface area contributed by atoms with E-state index >= 15 is 0 Å². The average molecular weight is 683 g/mol. The first-order valence-electron chi connectivity index (χ1n) is 19.2. The minimum absolute atomic E-state index is 0.192. The molecule has 4 fully saturated rings. The smallest absolute Gasteiger partial charge is 0.274 e. The number of pyridine rings is 2. The summed E-state index contributed by atoms with van der Waals surface area (Å²) in [4.78, 5) is 39.0. The lowest BCUT2D eigenvalue weighted by molar-refractivity contribution is 0.101. The van der Waals surface area contributed by atoms with Crippen molar-refractivity contribution in [1.29, 1.82) is 0 Å². The number of carbonyl (C=O) groups is 2. The van der Waals surface area contributed by atoms with Gasteiger partial charge in [-0.25, -0.2) is 0 Å². The molecule has 2 aromatic heterocycles. The maximum atomic E-state index is 13.6. The molecule has 51 heavy (non-hydrogen) atoms. The van der Waals surface area contributed by atoms with Crippen LogP contribution in [0.15, 0.2) is 60.9 Å². The van der Waals surface area contributed by atoms with E-state index in [1.165, 1.54) is 86.5 Å². The normalized spacial score (nSPS) is 17.9. The summed E-state index contributed by atoms with van der Waals surface area (Å²) < 4.78 is 0. The van der Waals surface area contributed by atoms with Crippen molar-refractivity contribution >= 4 is 23.2 Å². The topological polar surface area (TPSA) is 99.2 Å². The molecule has 3 aliphatic carbocycles. The van der Waals surface area contributed by atoms with Crippen LogP contribution in [0.4, 0.5) is 11.4 Å².